The minimum atomic E-state index is -1.41. The second-order valence-electron chi connectivity index (χ2n) is 10.9. The number of aliphatic imine (C=N–C) groups is 1. The summed E-state index contributed by atoms with van der Waals surface area (Å²) in [6.07, 6.45) is 8.90. The Morgan fingerprint density at radius 1 is 1.27 bits per heavy atom. The Kier molecular flexibility index (Phi) is 8.12. The molecular weight excluding hydrogens is 606 g/mol. The lowest BCUT2D eigenvalue weighted by atomic mass is 10.1. The van der Waals surface area contributed by atoms with Crippen molar-refractivity contribution in [3.8, 4) is 22.2 Å². The summed E-state index contributed by atoms with van der Waals surface area (Å²) in [5.74, 6) is -1.03. The van der Waals surface area contributed by atoms with Gasteiger partial charge in [0.25, 0.3) is 5.91 Å². The maximum atomic E-state index is 13.6. The highest BCUT2D eigenvalue weighted by Crippen LogP contribution is 2.45. The number of halogens is 1. The van der Waals surface area contributed by atoms with Gasteiger partial charge in [0, 0.05) is 35.4 Å². The van der Waals surface area contributed by atoms with Gasteiger partial charge in [-0.3, -0.25) is 4.79 Å². The number of nitrogens with one attached hydrogen (secondary N) is 1. The number of carbonyl (C=O) groups excluding carboxylic acids is 2. The van der Waals surface area contributed by atoms with Gasteiger partial charge in [-0.15, -0.1) is 11.3 Å². The maximum Gasteiger partial charge on any atom is 0.330 e. The number of hydrogen-bond donors (Lipinski definition) is 2. The molecule has 0 radical (unpaired) electrons. The number of amides is 3. The summed E-state index contributed by atoms with van der Waals surface area (Å²) in [4.78, 5) is 53.8. The summed E-state index contributed by atoms with van der Waals surface area (Å²) in [6, 6.07) is 3.68. The van der Waals surface area contributed by atoms with Crippen LogP contribution in [-0.4, -0.2) is 75.4 Å². The minimum absolute atomic E-state index is 0.0366. The molecule has 2 aliphatic heterocycles. The predicted octanol–water partition coefficient (Wildman–Crippen LogP) is 5.38. The number of nitrogens with zero attached hydrogens (tertiary/aromatic N) is 4. The Hall–Kier alpha value is -4.29. The molecule has 228 valence electrons. The Morgan fingerprint density at radius 2 is 2.11 bits per heavy atom. The van der Waals surface area contributed by atoms with Crippen molar-refractivity contribution >= 4 is 64.0 Å². The van der Waals surface area contributed by atoms with Gasteiger partial charge in [-0.25, -0.2) is 24.5 Å². The van der Waals surface area contributed by atoms with Crippen LogP contribution in [-0.2, 0) is 9.59 Å². The number of urea groups is 1. The molecule has 0 bridgehead atoms. The molecule has 6 rings (SSSR count). The smallest absolute Gasteiger partial charge is 0.330 e. The number of ether oxygens (including phenoxy) is 2. The molecule has 1 aromatic carbocycles. The number of aliphatic carboxylic acids is 1. The Morgan fingerprint density at radius 3 is 2.86 bits per heavy atom. The zero-order chi connectivity index (χ0) is 31.0. The van der Waals surface area contributed by atoms with E-state index in [0.29, 0.717) is 50.2 Å². The molecule has 11 nitrogen and oxygen atoms in total. The molecule has 44 heavy (non-hydrogen) atoms. The first kappa shape index (κ1) is 29.8. The average molecular weight is 636 g/mol. The maximum absolute atomic E-state index is 13.6. The van der Waals surface area contributed by atoms with Crippen LogP contribution in [0.5, 0.6) is 11.5 Å². The highest BCUT2D eigenvalue weighted by molar-refractivity contribution is 7.13. The lowest BCUT2D eigenvalue weighted by Gasteiger charge is -2.25. The van der Waals surface area contributed by atoms with Crippen LogP contribution in [0.25, 0.3) is 27.7 Å². The Labute approximate surface area is 262 Å². The summed E-state index contributed by atoms with van der Waals surface area (Å²) in [5, 5.41) is 16.1. The molecule has 4 atom stereocenters. The van der Waals surface area contributed by atoms with Crippen LogP contribution < -0.4 is 14.8 Å². The van der Waals surface area contributed by atoms with E-state index in [1.165, 1.54) is 23.3 Å². The molecule has 2 aromatic heterocycles. The topological polar surface area (TPSA) is 143 Å². The van der Waals surface area contributed by atoms with Crippen LogP contribution in [0.15, 0.2) is 47.3 Å². The van der Waals surface area contributed by atoms with Gasteiger partial charge in [-0.2, -0.15) is 0 Å². The lowest BCUT2D eigenvalue weighted by molar-refractivity contribution is -0.140. The fourth-order valence-corrected chi connectivity index (χ4v) is 6.70. The first-order valence-electron chi connectivity index (χ1n) is 14.2. The highest BCUT2D eigenvalue weighted by atomic mass is 35.5. The molecular formula is C31H30ClN5O6S. The van der Waals surface area contributed by atoms with Crippen LogP contribution in [0, 0.1) is 5.92 Å². The van der Waals surface area contributed by atoms with Crippen molar-refractivity contribution in [1.82, 2.24) is 20.2 Å². The third-order valence-corrected chi connectivity index (χ3v) is 9.38. The summed E-state index contributed by atoms with van der Waals surface area (Å²) in [6.45, 7) is 3.81. The van der Waals surface area contributed by atoms with Crippen molar-refractivity contribution in [2.45, 2.75) is 49.8 Å². The molecule has 3 aliphatic rings. The zero-order valence-corrected chi connectivity index (χ0v) is 25.4. The second kappa shape index (κ2) is 12.0. The van der Waals surface area contributed by atoms with Crippen molar-refractivity contribution in [2.75, 3.05) is 13.7 Å². The molecule has 1 aliphatic carbocycles. The van der Waals surface area contributed by atoms with Gasteiger partial charge < -0.3 is 24.8 Å². The van der Waals surface area contributed by atoms with Crippen LogP contribution in [0.1, 0.15) is 37.8 Å². The molecule has 1 saturated carbocycles. The van der Waals surface area contributed by atoms with E-state index < -0.39 is 35.6 Å². The van der Waals surface area contributed by atoms with E-state index >= 15 is 0 Å². The number of rotatable bonds is 6. The van der Waals surface area contributed by atoms with E-state index in [-0.39, 0.29) is 25.3 Å². The lowest BCUT2D eigenvalue weighted by Crippen LogP contribution is -2.53. The molecule has 1 saturated heterocycles. The predicted molar refractivity (Wildman–Crippen MR) is 168 cm³/mol. The van der Waals surface area contributed by atoms with Crippen LogP contribution in [0.2, 0.25) is 5.02 Å². The average Bonchev–Trinajstić information content (AvgIpc) is 3.32. The summed E-state index contributed by atoms with van der Waals surface area (Å²) in [7, 11) is 1.52. The molecule has 2 fully saturated rings. The SMILES string of the molecule is C=Cc1csc(-c2cc(O[C@H]3C[C@H]4C(=O)/N=C/CCC/C=C\[C@H]5C[C@@]5(C(=O)O)NC(=O)N4C3)c3ccc(OC)c(Cl)c3n2)n1. The first-order valence-corrected chi connectivity index (χ1v) is 15.5. The number of carboxylic acids is 1. The van der Waals surface area contributed by atoms with E-state index in [1.807, 2.05) is 17.5 Å². The quantitative estimate of drug-likeness (QED) is 0.344. The van der Waals surface area contributed by atoms with E-state index in [0.717, 1.165) is 12.8 Å². The van der Waals surface area contributed by atoms with Gasteiger partial charge in [0.2, 0.25) is 0 Å². The number of carboxylic acid groups (broad SMARTS) is 1. The Bertz CT molecular complexity index is 1720. The zero-order valence-electron chi connectivity index (χ0n) is 23.9. The van der Waals surface area contributed by atoms with Crippen LogP contribution in [0.3, 0.4) is 0 Å². The first-order chi connectivity index (χ1) is 21.2. The Balaban J connectivity index is 1.34. The molecule has 0 unspecified atom stereocenters. The number of allylic oxidation sites excluding steroid dienone is 1. The van der Waals surface area contributed by atoms with Crippen molar-refractivity contribution in [2.24, 2.45) is 10.9 Å². The van der Waals surface area contributed by atoms with E-state index in [1.54, 1.807) is 30.5 Å². The van der Waals surface area contributed by atoms with Gasteiger partial charge in [0.05, 0.1) is 24.9 Å². The summed E-state index contributed by atoms with van der Waals surface area (Å²) >= 11 is 8.07. The summed E-state index contributed by atoms with van der Waals surface area (Å²) in [5.41, 5.74) is 0.262. The third kappa shape index (κ3) is 5.55. The van der Waals surface area contributed by atoms with Gasteiger partial charge in [-0.05, 0) is 43.9 Å². The van der Waals surface area contributed by atoms with Crippen LogP contribution in [0.4, 0.5) is 4.79 Å². The number of pyridine rings is 1. The summed E-state index contributed by atoms with van der Waals surface area (Å²) < 4.78 is 11.9. The molecule has 0 spiro atoms. The standard InChI is InChI=1S/C31H30ClN5O6S/c1-3-18-16-44-28(34-18)21-13-24(20-9-10-23(42-2)25(32)26(20)35-21)43-19-12-22-27(38)33-11-7-5-4-6-8-17-14-31(17,29(39)40)36-30(41)37(22)15-19/h3,6,8-11,13,16-17,19,22H,1,4-5,7,12,14-15H2,2H3,(H,36,41)(H,39,40)/b8-6-,33-11+/t17-,19-,22-,31+/m0/s1. The van der Waals surface area contributed by atoms with Crippen molar-refractivity contribution in [1.29, 1.82) is 0 Å². The van der Waals surface area contributed by atoms with E-state index in [4.69, 9.17) is 26.1 Å². The fraction of sp³-hybridized carbons (Fsp3) is 0.355. The van der Waals surface area contributed by atoms with Crippen molar-refractivity contribution < 1.29 is 29.0 Å². The highest BCUT2D eigenvalue weighted by Gasteiger charge is 2.61. The van der Waals surface area contributed by atoms with Gasteiger partial charge in [0.1, 0.15) is 44.9 Å². The molecule has 3 aromatic rings. The molecule has 3 amide bonds. The number of carbonyl (C=O) groups is 3. The van der Waals surface area contributed by atoms with Gasteiger partial charge in [-0.1, -0.05) is 30.3 Å². The number of aromatic nitrogens is 2. The van der Waals surface area contributed by atoms with Crippen molar-refractivity contribution in [3.63, 3.8) is 0 Å². The molecule has 4 heterocycles. The third-order valence-electron chi connectivity index (χ3n) is 8.14. The minimum Gasteiger partial charge on any atom is -0.495 e. The second-order valence-corrected chi connectivity index (χ2v) is 12.2. The normalized spacial score (nSPS) is 26.6. The number of fused-ring (bicyclic) bond motifs is 3. The monoisotopic (exact) mass is 635 g/mol. The fourth-order valence-electron chi connectivity index (χ4n) is 5.65. The number of hydrogen-bond acceptors (Lipinski definition) is 8. The van der Waals surface area contributed by atoms with Gasteiger partial charge in [0.15, 0.2) is 0 Å². The molecule has 2 N–H and O–H groups in total. The largest absolute Gasteiger partial charge is 0.495 e. The van der Waals surface area contributed by atoms with Gasteiger partial charge >= 0.3 is 12.0 Å². The number of benzene rings is 1. The number of thiazole rings is 1. The van der Waals surface area contributed by atoms with Crippen molar-refractivity contribution in [3.05, 3.63) is 53.0 Å². The van der Waals surface area contributed by atoms with E-state index in [9.17, 15) is 19.5 Å². The van der Waals surface area contributed by atoms with E-state index in [2.05, 4.69) is 21.9 Å². The molecule has 13 heteroatoms. The number of methoxy groups -OCH3 is 1. The van der Waals surface area contributed by atoms with Crippen LogP contribution >= 0.6 is 22.9 Å².